The topological polar surface area (TPSA) is 93.8 Å². The number of aromatic nitrogens is 2. The summed E-state index contributed by atoms with van der Waals surface area (Å²) in [5.41, 5.74) is 0.0160. The summed E-state index contributed by atoms with van der Waals surface area (Å²) >= 11 is 0. The van der Waals surface area contributed by atoms with Gasteiger partial charge in [0.15, 0.2) is 17.2 Å². The zero-order chi connectivity index (χ0) is 25.8. The van der Waals surface area contributed by atoms with Crippen molar-refractivity contribution in [2.45, 2.75) is 89.7 Å². The number of rotatable bonds is 4. The van der Waals surface area contributed by atoms with E-state index in [1.54, 1.807) is 19.9 Å². The number of aliphatic hydroxyl groups excluding tert-OH is 2. The number of aliphatic hydroxyl groups is 2. The van der Waals surface area contributed by atoms with Crippen molar-refractivity contribution in [1.29, 1.82) is 0 Å². The summed E-state index contributed by atoms with van der Waals surface area (Å²) in [5, 5.41) is 26.3. The van der Waals surface area contributed by atoms with Crippen molar-refractivity contribution in [3.05, 3.63) is 35.7 Å². The van der Waals surface area contributed by atoms with E-state index in [4.69, 9.17) is 9.47 Å². The SMILES string of the molecule is C=CCn1ncc2c1C=C1[C@@H](F)C[C@@H]3[C@H]([C@@H](O)C[C@@]4(C)[C@H]3C[C@H]3OC(C)(C)O[C@]34C(=O)CO)[C@@]1(C)C2. The molecule has 7 nitrogen and oxygen atoms in total. The Hall–Kier alpha value is -1.87. The van der Waals surface area contributed by atoms with E-state index in [0.717, 1.165) is 16.8 Å². The number of carbonyl (C=O) groups is 1. The Kier molecular flexibility index (Phi) is 5.16. The maximum Gasteiger partial charge on any atom is 0.193 e. The van der Waals surface area contributed by atoms with Crippen LogP contribution in [0.15, 0.2) is 24.4 Å². The van der Waals surface area contributed by atoms with E-state index < -0.39 is 53.0 Å². The number of ketones is 1. The first-order chi connectivity index (χ1) is 16.9. The van der Waals surface area contributed by atoms with E-state index in [-0.39, 0.29) is 24.2 Å². The summed E-state index contributed by atoms with van der Waals surface area (Å²) in [6.07, 6.45) is 4.91. The molecule has 1 aliphatic heterocycles. The zero-order valence-corrected chi connectivity index (χ0v) is 21.5. The maximum absolute atomic E-state index is 16.1. The van der Waals surface area contributed by atoms with Crippen molar-refractivity contribution >= 4 is 11.9 Å². The molecule has 4 aliphatic carbocycles. The van der Waals surface area contributed by atoms with Crippen molar-refractivity contribution in [3.8, 4) is 0 Å². The number of nitrogens with zero attached hydrogens (tertiary/aromatic N) is 2. The number of carbonyl (C=O) groups excluding carboxylic acids is 1. The number of fused-ring (bicyclic) bond motifs is 8. The van der Waals surface area contributed by atoms with Gasteiger partial charge in [0.05, 0.1) is 30.6 Å². The Balaban J connectivity index is 1.43. The molecule has 0 bridgehead atoms. The van der Waals surface area contributed by atoms with E-state index in [9.17, 15) is 15.0 Å². The lowest BCUT2D eigenvalue weighted by Crippen LogP contribution is -2.65. The average Bonchev–Trinajstić information content (AvgIpc) is 3.38. The Labute approximate surface area is 211 Å². The largest absolute Gasteiger partial charge is 0.393 e. The van der Waals surface area contributed by atoms with Gasteiger partial charge < -0.3 is 19.7 Å². The van der Waals surface area contributed by atoms with E-state index in [2.05, 4.69) is 18.6 Å². The van der Waals surface area contributed by atoms with E-state index in [1.807, 2.05) is 23.9 Å². The summed E-state index contributed by atoms with van der Waals surface area (Å²) < 4.78 is 30.6. The molecule has 2 N–H and O–H groups in total. The Morgan fingerprint density at radius 2 is 2.08 bits per heavy atom. The Morgan fingerprint density at radius 3 is 2.78 bits per heavy atom. The molecular formula is C28H37FN2O5. The third kappa shape index (κ3) is 2.87. The van der Waals surface area contributed by atoms with E-state index in [1.165, 1.54) is 0 Å². The number of alkyl halides is 1. The molecule has 1 aromatic heterocycles. The second kappa shape index (κ2) is 7.59. The molecule has 2 heterocycles. The van der Waals surface area contributed by atoms with Crippen LogP contribution in [0.2, 0.25) is 0 Å². The van der Waals surface area contributed by atoms with Crippen LogP contribution in [0.5, 0.6) is 0 Å². The number of halogens is 1. The summed E-state index contributed by atoms with van der Waals surface area (Å²) in [6, 6.07) is 0. The van der Waals surface area contributed by atoms with Crippen molar-refractivity contribution in [2.75, 3.05) is 6.61 Å². The normalized spacial score (nSPS) is 46.1. The molecule has 6 rings (SSSR count). The van der Waals surface area contributed by atoms with Crippen LogP contribution < -0.4 is 0 Å². The van der Waals surface area contributed by atoms with Gasteiger partial charge in [-0.15, -0.1) is 6.58 Å². The lowest BCUT2D eigenvalue weighted by molar-refractivity contribution is -0.228. The van der Waals surface area contributed by atoms with Crippen LogP contribution in [0.1, 0.15) is 58.2 Å². The predicted octanol–water partition coefficient (Wildman–Crippen LogP) is 3.23. The van der Waals surface area contributed by atoms with Crippen LogP contribution in [-0.4, -0.2) is 62.2 Å². The molecule has 36 heavy (non-hydrogen) atoms. The lowest BCUT2D eigenvalue weighted by atomic mass is 9.45. The Morgan fingerprint density at radius 1 is 1.33 bits per heavy atom. The minimum atomic E-state index is -1.35. The first-order valence-corrected chi connectivity index (χ1v) is 13.1. The highest BCUT2D eigenvalue weighted by Gasteiger charge is 2.77. The van der Waals surface area contributed by atoms with Gasteiger partial charge in [-0.3, -0.25) is 9.48 Å². The fraction of sp³-hybridized carbons (Fsp3) is 0.714. The van der Waals surface area contributed by atoms with Crippen LogP contribution in [0.3, 0.4) is 0 Å². The predicted molar refractivity (Wildman–Crippen MR) is 130 cm³/mol. The van der Waals surface area contributed by atoms with Gasteiger partial charge in [0.1, 0.15) is 12.8 Å². The quantitative estimate of drug-likeness (QED) is 0.617. The smallest absolute Gasteiger partial charge is 0.193 e. The molecule has 0 spiro atoms. The van der Waals surface area contributed by atoms with E-state index >= 15 is 4.39 Å². The van der Waals surface area contributed by atoms with Gasteiger partial charge in [-0.1, -0.05) is 19.9 Å². The van der Waals surface area contributed by atoms with Crippen molar-refractivity contribution in [1.82, 2.24) is 9.78 Å². The molecular weight excluding hydrogens is 463 g/mol. The van der Waals surface area contributed by atoms with Crippen LogP contribution in [0.25, 0.3) is 6.08 Å². The van der Waals surface area contributed by atoms with Gasteiger partial charge in [-0.05, 0) is 74.5 Å². The number of hydrogen-bond acceptors (Lipinski definition) is 6. The van der Waals surface area contributed by atoms with Gasteiger partial charge >= 0.3 is 0 Å². The van der Waals surface area contributed by atoms with Gasteiger partial charge in [0.2, 0.25) is 0 Å². The van der Waals surface area contributed by atoms with Gasteiger partial charge in [0, 0.05) is 10.8 Å². The summed E-state index contributed by atoms with van der Waals surface area (Å²) in [4.78, 5) is 13.3. The highest BCUT2D eigenvalue weighted by molar-refractivity contribution is 5.91. The van der Waals surface area contributed by atoms with Crippen LogP contribution in [0.4, 0.5) is 4.39 Å². The molecule has 5 aliphatic rings. The van der Waals surface area contributed by atoms with Crippen molar-refractivity contribution in [3.63, 3.8) is 0 Å². The monoisotopic (exact) mass is 500 g/mol. The first-order valence-electron chi connectivity index (χ1n) is 13.1. The standard InChI is InChI=1S/C28H37FN2O5/c1-6-7-31-20-9-18-19(29)8-16-17-10-23-28(22(34)14-32,36-25(2,3)35-23)27(17,5)12-21(33)24(16)26(18,4)11-15(20)13-30-31/h6,9,13,16-17,19,21,23-24,32-33H,1,7-8,10-12,14H2,2-5H3/t16-,17-,19-,21-,23+,24+,26-,27-,28+/m0/s1. The molecule has 0 amide bonds. The fourth-order valence-electron chi connectivity index (χ4n) is 9.23. The lowest BCUT2D eigenvalue weighted by Gasteiger charge is -2.61. The second-order valence-corrected chi connectivity index (χ2v) is 12.6. The molecule has 0 unspecified atom stereocenters. The van der Waals surface area contributed by atoms with Crippen LogP contribution in [0, 0.1) is 28.6 Å². The molecule has 4 fully saturated rings. The van der Waals surface area contributed by atoms with Gasteiger partial charge in [0.25, 0.3) is 0 Å². The number of Topliss-reactive ketones (excluding diaryl/α,β-unsaturated/α-hetero) is 1. The van der Waals surface area contributed by atoms with Crippen molar-refractivity contribution < 1.29 is 28.9 Å². The highest BCUT2D eigenvalue weighted by atomic mass is 19.1. The number of hydrogen-bond donors (Lipinski definition) is 2. The second-order valence-electron chi connectivity index (χ2n) is 12.6. The average molecular weight is 501 g/mol. The van der Waals surface area contributed by atoms with E-state index in [0.29, 0.717) is 25.8 Å². The summed E-state index contributed by atoms with van der Waals surface area (Å²) in [7, 11) is 0. The third-order valence-corrected chi connectivity index (χ3v) is 10.3. The number of allylic oxidation sites excluding steroid dienone is 2. The molecule has 3 saturated carbocycles. The molecule has 0 aromatic carbocycles. The highest BCUT2D eigenvalue weighted by Crippen LogP contribution is 2.70. The molecule has 9 atom stereocenters. The van der Waals surface area contributed by atoms with Crippen LogP contribution in [-0.2, 0) is 27.2 Å². The molecule has 1 saturated heterocycles. The molecule has 1 aromatic rings. The minimum absolute atomic E-state index is 0.0796. The number of ether oxygens (including phenoxy) is 2. The summed E-state index contributed by atoms with van der Waals surface area (Å²) in [5.74, 6) is -1.79. The molecule has 196 valence electrons. The first kappa shape index (κ1) is 24.5. The van der Waals surface area contributed by atoms with Gasteiger partial charge in [-0.25, -0.2) is 4.39 Å². The Bertz CT molecular complexity index is 1160. The molecule has 0 radical (unpaired) electrons. The van der Waals surface area contributed by atoms with Gasteiger partial charge in [-0.2, -0.15) is 5.10 Å². The third-order valence-electron chi connectivity index (χ3n) is 10.3. The maximum atomic E-state index is 16.1. The zero-order valence-electron chi connectivity index (χ0n) is 21.5. The minimum Gasteiger partial charge on any atom is -0.393 e. The molecule has 8 heteroatoms. The summed E-state index contributed by atoms with van der Waals surface area (Å²) in [6.45, 7) is 11.3. The fourth-order valence-corrected chi connectivity index (χ4v) is 9.23. The van der Waals surface area contributed by atoms with Crippen molar-refractivity contribution in [2.24, 2.45) is 28.6 Å². The van der Waals surface area contributed by atoms with Crippen LogP contribution >= 0.6 is 0 Å².